The van der Waals surface area contributed by atoms with Crippen molar-refractivity contribution in [1.29, 1.82) is 0 Å². The Morgan fingerprint density at radius 1 is 0.908 bits per heavy atom. The van der Waals surface area contributed by atoms with Gasteiger partial charge in [-0.2, -0.15) is 0 Å². The zero-order valence-corrected chi connectivity index (χ0v) is 36.4. The maximum atomic E-state index is 15.9. The van der Waals surface area contributed by atoms with Crippen LogP contribution in [0.15, 0.2) is 78.6 Å². The van der Waals surface area contributed by atoms with Crippen molar-refractivity contribution in [3.8, 4) is 11.1 Å². The lowest BCUT2D eigenvalue weighted by atomic mass is 9.89. The first-order chi connectivity index (χ1) is 31.5. The smallest absolute Gasteiger partial charge is 0.255 e. The number of imidazole rings is 1. The average molecular weight is 903 g/mol. The number of rotatable bonds is 11. The van der Waals surface area contributed by atoms with E-state index in [1.54, 1.807) is 22.2 Å². The number of amides is 5. The zero-order valence-electron chi connectivity index (χ0n) is 35.6. The lowest BCUT2D eigenvalue weighted by molar-refractivity contribution is -0.134. The quantitative estimate of drug-likeness (QED) is 0.152. The first-order valence-corrected chi connectivity index (χ1v) is 23.0. The Morgan fingerprint density at radius 3 is 2.40 bits per heavy atom. The highest BCUT2D eigenvalue weighted by Crippen LogP contribution is 2.39. The molecule has 5 aliphatic rings. The third-order valence-corrected chi connectivity index (χ3v) is 14.1. The first kappa shape index (κ1) is 42.4. The third kappa shape index (κ3) is 8.71. The van der Waals surface area contributed by atoms with Gasteiger partial charge in [0.1, 0.15) is 18.0 Å². The Bertz CT molecular complexity index is 2630. The van der Waals surface area contributed by atoms with Gasteiger partial charge in [-0.05, 0) is 91.4 Å². The molecule has 7 heterocycles. The highest BCUT2D eigenvalue weighted by Gasteiger charge is 2.43. The molecule has 0 saturated carbocycles. The number of carbonyl (C=O) groups excluding carboxylic acids is 5. The van der Waals surface area contributed by atoms with E-state index in [2.05, 4.69) is 47.9 Å². The predicted octanol–water partition coefficient (Wildman–Crippen LogP) is 5.12. The second-order valence-electron chi connectivity index (χ2n) is 17.4. The fourth-order valence-electron chi connectivity index (χ4n) is 9.83. The summed E-state index contributed by atoms with van der Waals surface area (Å²) in [5.74, 6) is -1.64. The number of alkyl halides is 1. The van der Waals surface area contributed by atoms with Crippen molar-refractivity contribution in [2.75, 3.05) is 61.3 Å². The minimum atomic E-state index is -1.23. The SMILES string of the molecule is O=C1CCC(Nc2ccc(C3CCN(CC(=O)N4CCN(c5ccc(-c6cc(F)c7c(c6)C(=O)N(C(C(=O)Nc6nccs6)c6ncn8c6C[C@@H](F)C8)C7)cc5)CC4)CC3)cc2)C(=O)N1. The molecule has 0 spiro atoms. The summed E-state index contributed by atoms with van der Waals surface area (Å²) in [7, 11) is 0. The van der Waals surface area contributed by atoms with Crippen LogP contribution < -0.4 is 20.9 Å². The highest BCUT2D eigenvalue weighted by atomic mass is 32.1. The minimum Gasteiger partial charge on any atom is -0.374 e. The van der Waals surface area contributed by atoms with Gasteiger partial charge in [-0.1, -0.05) is 24.3 Å². The molecule has 3 saturated heterocycles. The molecule has 5 aromatic rings. The Balaban J connectivity index is 0.725. The number of likely N-dealkylation sites (tertiary alicyclic amines) is 1. The summed E-state index contributed by atoms with van der Waals surface area (Å²) >= 11 is 1.22. The van der Waals surface area contributed by atoms with Gasteiger partial charge in [0.25, 0.3) is 11.8 Å². The van der Waals surface area contributed by atoms with Crippen LogP contribution in [-0.4, -0.2) is 117 Å². The number of nitrogens with zero attached hydrogens (tertiary/aromatic N) is 7. The third-order valence-electron chi connectivity index (χ3n) is 13.4. The van der Waals surface area contributed by atoms with E-state index >= 15 is 4.39 Å². The van der Waals surface area contributed by atoms with Gasteiger partial charge in [0, 0.05) is 78.8 Å². The van der Waals surface area contributed by atoms with Gasteiger partial charge in [-0.15, -0.1) is 11.3 Å². The predicted molar refractivity (Wildman–Crippen MR) is 239 cm³/mol. The number of anilines is 3. The number of piperazine rings is 1. The largest absolute Gasteiger partial charge is 0.374 e. The fourth-order valence-corrected chi connectivity index (χ4v) is 10.4. The summed E-state index contributed by atoms with van der Waals surface area (Å²) < 4.78 is 32.1. The average Bonchev–Trinajstić information content (AvgIpc) is 4.12. The van der Waals surface area contributed by atoms with Crippen LogP contribution >= 0.6 is 11.3 Å². The van der Waals surface area contributed by atoms with Crippen LogP contribution in [0.4, 0.5) is 25.3 Å². The van der Waals surface area contributed by atoms with Crippen molar-refractivity contribution < 1.29 is 32.8 Å². The molecule has 3 N–H and O–H groups in total. The van der Waals surface area contributed by atoms with E-state index in [4.69, 9.17) is 0 Å². The lowest BCUT2D eigenvalue weighted by Crippen LogP contribution is -2.51. The van der Waals surface area contributed by atoms with Crippen LogP contribution in [0, 0.1) is 5.82 Å². The van der Waals surface area contributed by atoms with Crippen molar-refractivity contribution in [1.82, 2.24) is 34.6 Å². The molecule has 3 fully saturated rings. The molecule has 5 aliphatic heterocycles. The molecule has 336 valence electrons. The second kappa shape index (κ2) is 17.8. The van der Waals surface area contributed by atoms with E-state index in [0.717, 1.165) is 42.9 Å². The first-order valence-electron chi connectivity index (χ1n) is 22.1. The molecule has 2 aromatic heterocycles. The summed E-state index contributed by atoms with van der Waals surface area (Å²) in [5.41, 5.74) is 5.45. The highest BCUT2D eigenvalue weighted by molar-refractivity contribution is 7.13. The van der Waals surface area contributed by atoms with Gasteiger partial charge in [0.15, 0.2) is 11.2 Å². The molecular formula is C47H48F2N10O5S. The van der Waals surface area contributed by atoms with E-state index in [0.29, 0.717) is 67.9 Å². The molecule has 0 aliphatic carbocycles. The number of fused-ring (bicyclic) bond motifs is 2. The number of halogens is 2. The Morgan fingerprint density at radius 2 is 1.68 bits per heavy atom. The summed E-state index contributed by atoms with van der Waals surface area (Å²) in [6, 6.07) is 17.3. The van der Waals surface area contributed by atoms with Crippen molar-refractivity contribution in [2.24, 2.45) is 0 Å². The maximum Gasteiger partial charge on any atom is 0.255 e. The zero-order chi connectivity index (χ0) is 44.8. The van der Waals surface area contributed by atoms with Crippen molar-refractivity contribution in [3.05, 3.63) is 112 Å². The van der Waals surface area contributed by atoms with Crippen molar-refractivity contribution in [3.63, 3.8) is 0 Å². The Kier molecular flexibility index (Phi) is 11.6. The lowest BCUT2D eigenvalue weighted by Gasteiger charge is -2.38. The molecule has 3 aromatic carbocycles. The monoisotopic (exact) mass is 902 g/mol. The van der Waals surface area contributed by atoms with Gasteiger partial charge in [0.2, 0.25) is 17.7 Å². The molecule has 18 heteroatoms. The Labute approximate surface area is 377 Å². The Hall–Kier alpha value is -6.53. The summed E-state index contributed by atoms with van der Waals surface area (Å²) in [6.07, 6.45) is 4.66. The van der Waals surface area contributed by atoms with E-state index in [9.17, 15) is 28.4 Å². The number of aromatic nitrogens is 3. The van der Waals surface area contributed by atoms with Gasteiger partial charge < -0.3 is 24.6 Å². The van der Waals surface area contributed by atoms with E-state index in [1.807, 2.05) is 41.3 Å². The van der Waals surface area contributed by atoms with Crippen LogP contribution in [0.2, 0.25) is 0 Å². The number of hydrogen-bond acceptors (Lipinski definition) is 11. The number of benzene rings is 3. The molecule has 15 nitrogen and oxygen atoms in total. The van der Waals surface area contributed by atoms with Crippen LogP contribution in [0.3, 0.4) is 0 Å². The van der Waals surface area contributed by atoms with Gasteiger partial charge >= 0.3 is 0 Å². The number of carbonyl (C=O) groups is 5. The van der Waals surface area contributed by atoms with Gasteiger partial charge in [0.05, 0.1) is 31.7 Å². The molecule has 0 bridgehead atoms. The molecule has 65 heavy (non-hydrogen) atoms. The number of imide groups is 1. The molecule has 5 amide bonds. The number of piperidine rings is 2. The van der Waals surface area contributed by atoms with Gasteiger partial charge in [-0.25, -0.2) is 18.7 Å². The van der Waals surface area contributed by atoms with E-state index < -0.39 is 35.9 Å². The fraction of sp³-hybridized carbons (Fsp3) is 0.383. The van der Waals surface area contributed by atoms with Crippen LogP contribution in [-0.2, 0) is 38.7 Å². The second-order valence-corrected chi connectivity index (χ2v) is 18.3. The molecular weight excluding hydrogens is 855 g/mol. The number of hydrogen-bond donors (Lipinski definition) is 3. The summed E-state index contributed by atoms with van der Waals surface area (Å²) in [6.45, 7) is 4.55. The van der Waals surface area contributed by atoms with E-state index in [1.165, 1.54) is 34.2 Å². The topological polar surface area (TPSA) is 165 Å². The van der Waals surface area contributed by atoms with Crippen LogP contribution in [0.1, 0.15) is 70.5 Å². The van der Waals surface area contributed by atoms with Crippen LogP contribution in [0.5, 0.6) is 0 Å². The molecule has 2 unspecified atom stereocenters. The number of nitrogens with one attached hydrogen (secondary N) is 3. The van der Waals surface area contributed by atoms with Crippen molar-refractivity contribution in [2.45, 2.75) is 69.4 Å². The molecule has 10 rings (SSSR count). The molecule has 0 radical (unpaired) electrons. The number of thiazole rings is 1. The van der Waals surface area contributed by atoms with Crippen LogP contribution in [0.25, 0.3) is 11.1 Å². The standard InChI is InChI=1S/C47H48F2N10O5S/c48-32-23-39-42(51-27-58(39)24-32)43(45(63)54-47-50-13-20-65-47)59-25-36-35(46(59)64)21-31(22-37(36)49)29-3-7-34(8-4-29)56-16-18-57(19-17-56)41(61)26-55-14-11-30(12-15-55)28-1-5-33(6-2-28)52-38-9-10-40(60)53-44(38)62/h1-8,13,20-22,27,30,32,38,43,52H,9-12,14-19,23-26H2,(H,50,54,63)(H,53,60,62)/t32-,38?,43?/m1/s1. The van der Waals surface area contributed by atoms with Gasteiger partial charge in [-0.3, -0.25) is 39.5 Å². The molecule has 3 atom stereocenters. The maximum absolute atomic E-state index is 15.9. The van der Waals surface area contributed by atoms with E-state index in [-0.39, 0.29) is 54.1 Å². The normalized spacial score (nSPS) is 20.7. The summed E-state index contributed by atoms with van der Waals surface area (Å²) in [5, 5.41) is 10.4. The summed E-state index contributed by atoms with van der Waals surface area (Å²) in [4.78, 5) is 81.3. The van der Waals surface area contributed by atoms with Crippen molar-refractivity contribution >= 4 is 57.4 Å². The minimum absolute atomic E-state index is 0.0593.